The Morgan fingerprint density at radius 2 is 0.778 bits per heavy atom. The fourth-order valence-electron chi connectivity index (χ4n) is 10.3. The lowest BCUT2D eigenvalue weighted by Gasteiger charge is -2.35. The quantitative estimate of drug-likeness (QED) is 0.117. The van der Waals surface area contributed by atoms with Crippen LogP contribution in [0.25, 0.3) is 65.3 Å². The van der Waals surface area contributed by atoms with Crippen molar-refractivity contribution in [1.82, 2.24) is 0 Å². The molecule has 0 aliphatic carbocycles. The molecular weight excluding hydrogens is 777 g/mol. The zero-order valence-corrected chi connectivity index (χ0v) is 36.3. The summed E-state index contributed by atoms with van der Waals surface area (Å²) in [4.78, 5) is 4.75. The van der Waals surface area contributed by atoms with Gasteiger partial charge in [0.15, 0.2) is 0 Å². The van der Waals surface area contributed by atoms with Crippen LogP contribution >= 0.6 is 0 Å². The fraction of sp³-hybridized carbons (Fsp3) is 0.0333. The van der Waals surface area contributed by atoms with E-state index in [0.29, 0.717) is 0 Å². The summed E-state index contributed by atoms with van der Waals surface area (Å²) in [7, 11) is -2.21. The van der Waals surface area contributed by atoms with Crippen LogP contribution in [0.2, 0.25) is 13.1 Å². The van der Waals surface area contributed by atoms with Crippen molar-refractivity contribution in [1.29, 1.82) is 0 Å². The minimum atomic E-state index is -2.21. The molecule has 1 aliphatic heterocycles. The molecule has 0 saturated carbocycles. The third-order valence-electron chi connectivity index (χ3n) is 13.4. The largest absolute Gasteiger partial charge is 0.311 e. The van der Waals surface area contributed by atoms with Crippen molar-refractivity contribution in [2.45, 2.75) is 13.1 Å². The molecule has 1 heterocycles. The first-order valence-corrected chi connectivity index (χ1v) is 24.9. The lowest BCUT2D eigenvalue weighted by Crippen LogP contribution is -2.56. The summed E-state index contributed by atoms with van der Waals surface area (Å²) in [5, 5.41) is 13.3. The molecule has 11 aromatic rings. The molecule has 0 spiro atoms. The van der Waals surface area contributed by atoms with E-state index in [1.165, 1.54) is 81.4 Å². The highest BCUT2D eigenvalue weighted by atomic mass is 28.3. The minimum Gasteiger partial charge on any atom is -0.311 e. The SMILES string of the molecule is C[Si]1(C)c2cc(N(c3ccccc3)c3ccc4ccccc4c3)ccc2-c2cc3c4ccccc4c(-c4ccc(N(c5ccccc5)c5ccccc5)cc4)cc3c3cccc1c23. The number of rotatable bonds is 7. The van der Waals surface area contributed by atoms with Gasteiger partial charge in [-0.3, -0.25) is 0 Å². The number of hydrogen-bond acceptors (Lipinski definition) is 2. The van der Waals surface area contributed by atoms with Crippen LogP contribution in [0, 0.1) is 0 Å². The summed E-state index contributed by atoms with van der Waals surface area (Å²) >= 11 is 0. The van der Waals surface area contributed by atoms with Crippen LogP contribution in [-0.2, 0) is 0 Å². The van der Waals surface area contributed by atoms with E-state index < -0.39 is 8.07 Å². The monoisotopic (exact) mass is 820 g/mol. The van der Waals surface area contributed by atoms with E-state index in [-0.39, 0.29) is 0 Å². The third kappa shape index (κ3) is 6.07. The molecule has 2 nitrogen and oxygen atoms in total. The van der Waals surface area contributed by atoms with Crippen LogP contribution in [0.15, 0.2) is 231 Å². The average Bonchev–Trinajstić information content (AvgIpc) is 3.34. The predicted molar refractivity (Wildman–Crippen MR) is 273 cm³/mol. The van der Waals surface area contributed by atoms with Crippen LogP contribution < -0.4 is 20.2 Å². The molecule has 0 aromatic heterocycles. The minimum absolute atomic E-state index is 1.13. The molecule has 298 valence electrons. The van der Waals surface area contributed by atoms with Gasteiger partial charge in [0.2, 0.25) is 0 Å². The van der Waals surface area contributed by atoms with Gasteiger partial charge in [-0.1, -0.05) is 159 Å². The van der Waals surface area contributed by atoms with Crippen LogP contribution in [0.1, 0.15) is 0 Å². The van der Waals surface area contributed by atoms with Crippen molar-refractivity contribution < 1.29 is 0 Å². The standard InChI is InChI=1S/C60H44N2Si/c1-63(2)58-28-16-27-53-56-39-54(42-30-32-47(33-31-42)61(44-19-6-3-7-20-44)45-21-8-4-9-22-45)50-25-14-15-26-51(50)55(56)40-57(60(53)58)52-36-35-49(38-59(52)63)62(46-23-10-5-11-24-46)48-34-29-41-17-12-13-18-43(41)37-48/h3-40H,1-2H3. The molecule has 0 fully saturated rings. The van der Waals surface area contributed by atoms with Gasteiger partial charge in [0.1, 0.15) is 8.07 Å². The zero-order chi connectivity index (χ0) is 42.1. The lowest BCUT2D eigenvalue weighted by atomic mass is 9.87. The van der Waals surface area contributed by atoms with Gasteiger partial charge in [0, 0.05) is 34.1 Å². The van der Waals surface area contributed by atoms with E-state index in [2.05, 4.69) is 253 Å². The molecule has 0 unspecified atom stereocenters. The van der Waals surface area contributed by atoms with Crippen molar-refractivity contribution in [3.63, 3.8) is 0 Å². The number of benzene rings is 11. The Bertz CT molecular complexity index is 3490. The van der Waals surface area contributed by atoms with E-state index in [1.54, 1.807) is 0 Å². The summed E-state index contributed by atoms with van der Waals surface area (Å²) in [6.45, 7) is 5.09. The highest BCUT2D eigenvalue weighted by molar-refractivity contribution is 7.03. The van der Waals surface area contributed by atoms with Crippen LogP contribution in [0.3, 0.4) is 0 Å². The summed E-state index contributed by atoms with van der Waals surface area (Å²) in [6, 6.07) is 85.0. The number of nitrogens with zero attached hydrogens (tertiary/aromatic N) is 2. The number of anilines is 6. The first kappa shape index (κ1) is 37.1. The molecule has 11 aromatic carbocycles. The Kier molecular flexibility index (Phi) is 8.67. The van der Waals surface area contributed by atoms with Crippen molar-refractivity contribution in [2.75, 3.05) is 9.80 Å². The molecule has 12 rings (SSSR count). The van der Waals surface area contributed by atoms with E-state index in [9.17, 15) is 0 Å². The Hall–Kier alpha value is -7.72. The highest BCUT2D eigenvalue weighted by Gasteiger charge is 2.36. The van der Waals surface area contributed by atoms with Crippen molar-refractivity contribution in [3.05, 3.63) is 231 Å². The maximum Gasteiger partial charge on any atom is 0.113 e. The highest BCUT2D eigenvalue weighted by Crippen LogP contribution is 2.45. The molecule has 0 amide bonds. The third-order valence-corrected chi connectivity index (χ3v) is 16.9. The molecular formula is C60H44N2Si. The van der Waals surface area contributed by atoms with Gasteiger partial charge in [-0.05, 0) is 161 Å². The van der Waals surface area contributed by atoms with Crippen molar-refractivity contribution >= 4 is 95.7 Å². The van der Waals surface area contributed by atoms with Crippen molar-refractivity contribution in [3.8, 4) is 22.3 Å². The van der Waals surface area contributed by atoms with Gasteiger partial charge in [0.25, 0.3) is 0 Å². The molecule has 0 atom stereocenters. The second-order valence-electron chi connectivity index (χ2n) is 17.3. The molecule has 0 bridgehead atoms. The van der Waals surface area contributed by atoms with Crippen LogP contribution in [0.4, 0.5) is 34.1 Å². The molecule has 0 radical (unpaired) electrons. The predicted octanol–water partition coefficient (Wildman–Crippen LogP) is 15.7. The van der Waals surface area contributed by atoms with Gasteiger partial charge in [-0.15, -0.1) is 0 Å². The van der Waals surface area contributed by atoms with Crippen LogP contribution in [-0.4, -0.2) is 8.07 Å². The Labute approximate surface area is 369 Å². The summed E-state index contributed by atoms with van der Waals surface area (Å²) in [5.74, 6) is 0. The molecule has 0 N–H and O–H groups in total. The smallest absolute Gasteiger partial charge is 0.113 e. The van der Waals surface area contributed by atoms with E-state index in [1.807, 2.05) is 0 Å². The first-order valence-electron chi connectivity index (χ1n) is 21.9. The number of hydrogen-bond donors (Lipinski definition) is 0. The lowest BCUT2D eigenvalue weighted by molar-refractivity contribution is 1.28. The Balaban J connectivity index is 1.02. The van der Waals surface area contributed by atoms with Gasteiger partial charge >= 0.3 is 0 Å². The second-order valence-corrected chi connectivity index (χ2v) is 21.7. The Morgan fingerprint density at radius 1 is 0.286 bits per heavy atom. The first-order chi connectivity index (χ1) is 31.0. The van der Waals surface area contributed by atoms with Crippen molar-refractivity contribution in [2.24, 2.45) is 0 Å². The molecule has 63 heavy (non-hydrogen) atoms. The summed E-state index contributed by atoms with van der Waals surface area (Å²) in [5.41, 5.74) is 12.0. The maximum atomic E-state index is 2.54. The van der Waals surface area contributed by atoms with Gasteiger partial charge < -0.3 is 9.80 Å². The van der Waals surface area contributed by atoms with Gasteiger partial charge in [0.05, 0.1) is 0 Å². The Morgan fingerprint density at radius 3 is 1.46 bits per heavy atom. The number of para-hydroxylation sites is 3. The average molecular weight is 821 g/mol. The van der Waals surface area contributed by atoms with E-state index >= 15 is 0 Å². The fourth-order valence-corrected chi connectivity index (χ4v) is 13.4. The topological polar surface area (TPSA) is 6.48 Å². The van der Waals surface area contributed by atoms with E-state index in [4.69, 9.17) is 0 Å². The molecule has 1 aliphatic rings. The zero-order valence-electron chi connectivity index (χ0n) is 35.3. The normalized spacial score (nSPS) is 12.7. The van der Waals surface area contributed by atoms with Crippen LogP contribution in [0.5, 0.6) is 0 Å². The van der Waals surface area contributed by atoms with E-state index in [0.717, 1.165) is 28.4 Å². The maximum absolute atomic E-state index is 2.54. The number of fused-ring (bicyclic) bond motifs is 7. The summed E-state index contributed by atoms with van der Waals surface area (Å²) in [6.07, 6.45) is 0. The van der Waals surface area contributed by atoms with Gasteiger partial charge in [-0.2, -0.15) is 0 Å². The summed E-state index contributed by atoms with van der Waals surface area (Å²) < 4.78 is 0. The van der Waals surface area contributed by atoms with Gasteiger partial charge in [-0.25, -0.2) is 0 Å². The molecule has 0 saturated heterocycles. The molecule has 3 heteroatoms. The second kappa shape index (κ2) is 14.7.